The standard InChI is InChI=1S/C59H31F6N5/c60-58(61,62)49-16-9-17-50(59(63,64)65)57(49)38-23-27-56(70-52-19-8-6-15-44(52)47-30-37(22-26-55(47)70)42-13-4-2-11-40(42)34-68)48(31-38)45-28-35(32-66)20-24-53(45)69-51-18-7-5-14-43(51)46-29-36(21-25-54(46)69)41-12-3-1-10-39(41)33-67/h1-31H. The molecule has 11 aromatic rings. The zero-order valence-corrected chi connectivity index (χ0v) is 36.4. The predicted octanol–water partition coefficient (Wildman–Crippen LogP) is 16.2. The number of nitrogens with zero attached hydrogens (tertiary/aromatic N) is 5. The minimum Gasteiger partial charge on any atom is -0.309 e. The Morgan fingerprint density at radius 2 is 0.771 bits per heavy atom. The molecule has 334 valence electrons. The van der Waals surface area contributed by atoms with E-state index in [4.69, 9.17) is 0 Å². The van der Waals surface area contributed by atoms with Gasteiger partial charge in [-0.15, -0.1) is 0 Å². The second-order valence-corrected chi connectivity index (χ2v) is 16.8. The molecule has 0 spiro atoms. The quantitative estimate of drug-likeness (QED) is 0.156. The molecule has 5 nitrogen and oxygen atoms in total. The van der Waals surface area contributed by atoms with E-state index in [0.29, 0.717) is 62.3 Å². The number of halogens is 6. The maximum atomic E-state index is 15.0. The molecule has 0 saturated carbocycles. The van der Waals surface area contributed by atoms with Gasteiger partial charge in [-0.3, -0.25) is 0 Å². The average molecular weight is 924 g/mol. The van der Waals surface area contributed by atoms with Crippen molar-refractivity contribution in [2.45, 2.75) is 12.4 Å². The summed E-state index contributed by atoms with van der Waals surface area (Å²) in [6.45, 7) is 0. The van der Waals surface area contributed by atoms with E-state index in [2.05, 4.69) is 18.2 Å². The van der Waals surface area contributed by atoms with Crippen molar-refractivity contribution in [3.8, 4) is 74.1 Å². The van der Waals surface area contributed by atoms with E-state index < -0.39 is 29.0 Å². The zero-order valence-electron chi connectivity index (χ0n) is 36.4. The number of rotatable bonds is 6. The SMILES string of the molecule is N#Cc1ccc(-n2c3ccccc3c3cc(-c4ccccc4C#N)ccc32)c(-c2cc(-c3c(C(F)(F)F)cccc3C(F)(F)F)ccc2-n2c3ccccc3c3cc(-c4ccccc4C#N)ccc32)c1. The van der Waals surface area contributed by atoms with E-state index in [0.717, 1.165) is 49.8 Å². The monoisotopic (exact) mass is 923 g/mol. The van der Waals surface area contributed by atoms with Crippen molar-refractivity contribution in [2.75, 3.05) is 0 Å². The highest BCUT2D eigenvalue weighted by molar-refractivity contribution is 6.13. The van der Waals surface area contributed by atoms with E-state index in [1.807, 2.05) is 118 Å². The first-order valence-electron chi connectivity index (χ1n) is 21.9. The highest BCUT2D eigenvalue weighted by atomic mass is 19.4. The number of para-hydroxylation sites is 2. The molecule has 0 radical (unpaired) electrons. The van der Waals surface area contributed by atoms with Gasteiger partial charge in [0.2, 0.25) is 0 Å². The van der Waals surface area contributed by atoms with Crippen LogP contribution in [0.5, 0.6) is 0 Å². The maximum Gasteiger partial charge on any atom is 0.417 e. The molecule has 0 unspecified atom stereocenters. The number of nitriles is 3. The normalized spacial score (nSPS) is 11.8. The summed E-state index contributed by atoms with van der Waals surface area (Å²) in [5, 5.41) is 33.7. The van der Waals surface area contributed by atoms with E-state index in [1.165, 1.54) is 18.2 Å². The number of fused-ring (bicyclic) bond motifs is 6. The summed E-state index contributed by atoms with van der Waals surface area (Å²) in [6.07, 6.45) is -10.3. The molecule has 70 heavy (non-hydrogen) atoms. The second-order valence-electron chi connectivity index (χ2n) is 16.8. The molecule has 0 fully saturated rings. The van der Waals surface area contributed by atoms with E-state index in [9.17, 15) is 42.1 Å². The van der Waals surface area contributed by atoms with Gasteiger partial charge in [0.15, 0.2) is 0 Å². The number of aromatic nitrogens is 2. The lowest BCUT2D eigenvalue weighted by atomic mass is 9.90. The van der Waals surface area contributed by atoms with Gasteiger partial charge in [-0.2, -0.15) is 42.1 Å². The maximum absolute atomic E-state index is 15.0. The topological polar surface area (TPSA) is 81.2 Å². The molecule has 2 aromatic heterocycles. The Hall–Kier alpha value is -9.37. The van der Waals surface area contributed by atoms with Gasteiger partial charge in [-0.05, 0) is 119 Å². The summed E-state index contributed by atoms with van der Waals surface area (Å²) in [4.78, 5) is 0. The van der Waals surface area contributed by atoms with Crippen LogP contribution in [0, 0.1) is 34.0 Å². The van der Waals surface area contributed by atoms with Gasteiger partial charge in [0.25, 0.3) is 0 Å². The summed E-state index contributed by atoms with van der Waals surface area (Å²) in [5.74, 6) is 0. The van der Waals surface area contributed by atoms with Gasteiger partial charge in [0, 0.05) is 38.2 Å². The van der Waals surface area contributed by atoms with Crippen LogP contribution in [0.15, 0.2) is 188 Å². The van der Waals surface area contributed by atoms with Crippen LogP contribution in [0.2, 0.25) is 0 Å². The first-order valence-corrected chi connectivity index (χ1v) is 21.9. The lowest BCUT2D eigenvalue weighted by Gasteiger charge is -2.22. The summed E-state index contributed by atoms with van der Waals surface area (Å²) < 4.78 is 93.7. The fraction of sp³-hybridized carbons (Fsp3) is 0.0339. The van der Waals surface area contributed by atoms with Crippen molar-refractivity contribution >= 4 is 43.6 Å². The highest BCUT2D eigenvalue weighted by Gasteiger charge is 2.41. The molecule has 2 heterocycles. The van der Waals surface area contributed by atoms with E-state index >= 15 is 0 Å². The Labute approximate surface area is 395 Å². The van der Waals surface area contributed by atoms with Crippen LogP contribution >= 0.6 is 0 Å². The van der Waals surface area contributed by atoms with Gasteiger partial charge in [-0.1, -0.05) is 97.1 Å². The molecule has 11 heteroatoms. The molecule has 0 aliphatic heterocycles. The van der Waals surface area contributed by atoms with Gasteiger partial charge in [0.05, 0.1) is 79.5 Å². The van der Waals surface area contributed by atoms with Crippen molar-refractivity contribution in [1.82, 2.24) is 9.13 Å². The largest absolute Gasteiger partial charge is 0.417 e. The van der Waals surface area contributed by atoms with E-state index in [1.54, 1.807) is 42.5 Å². The van der Waals surface area contributed by atoms with Gasteiger partial charge >= 0.3 is 12.4 Å². The lowest BCUT2D eigenvalue weighted by molar-refractivity contribution is -0.142. The Balaban J connectivity index is 1.25. The fourth-order valence-electron chi connectivity index (χ4n) is 9.92. The van der Waals surface area contributed by atoms with Crippen LogP contribution in [0.4, 0.5) is 26.3 Å². The number of benzene rings is 9. The molecule has 0 amide bonds. The van der Waals surface area contributed by atoms with Crippen LogP contribution in [0.25, 0.3) is 99.5 Å². The van der Waals surface area contributed by atoms with E-state index in [-0.39, 0.29) is 16.7 Å². The number of alkyl halides is 6. The smallest absolute Gasteiger partial charge is 0.309 e. The summed E-state index contributed by atoms with van der Waals surface area (Å²) in [6, 6.07) is 59.1. The summed E-state index contributed by atoms with van der Waals surface area (Å²) >= 11 is 0. The first kappa shape index (κ1) is 43.2. The molecule has 9 aromatic carbocycles. The molecule has 0 aliphatic rings. The van der Waals surface area contributed by atoms with Gasteiger partial charge in [0.1, 0.15) is 0 Å². The zero-order chi connectivity index (χ0) is 48.5. The van der Waals surface area contributed by atoms with Crippen LogP contribution in [0.3, 0.4) is 0 Å². The predicted molar refractivity (Wildman–Crippen MR) is 261 cm³/mol. The second kappa shape index (κ2) is 16.4. The van der Waals surface area contributed by atoms with Crippen LogP contribution in [0.1, 0.15) is 27.8 Å². The summed E-state index contributed by atoms with van der Waals surface area (Å²) in [5.41, 5.74) is 4.15. The molecule has 0 atom stereocenters. The van der Waals surface area contributed by atoms with Crippen molar-refractivity contribution in [1.29, 1.82) is 15.8 Å². The van der Waals surface area contributed by atoms with Gasteiger partial charge in [-0.25, -0.2) is 0 Å². The third kappa shape index (κ3) is 7.01. The molecular formula is C59H31F6N5. The molecular weight excluding hydrogens is 893 g/mol. The van der Waals surface area contributed by atoms with Crippen molar-refractivity contribution in [3.05, 3.63) is 216 Å². The molecule has 0 aliphatic carbocycles. The van der Waals surface area contributed by atoms with Crippen LogP contribution < -0.4 is 0 Å². The molecule has 0 bridgehead atoms. The summed E-state index contributed by atoms with van der Waals surface area (Å²) in [7, 11) is 0. The van der Waals surface area contributed by atoms with Crippen LogP contribution in [-0.2, 0) is 12.4 Å². The number of hydrogen-bond acceptors (Lipinski definition) is 3. The van der Waals surface area contributed by atoms with Crippen LogP contribution in [-0.4, -0.2) is 9.13 Å². The van der Waals surface area contributed by atoms with Gasteiger partial charge < -0.3 is 9.13 Å². The molecule has 11 rings (SSSR count). The number of hydrogen-bond donors (Lipinski definition) is 0. The minimum atomic E-state index is -5.16. The van der Waals surface area contributed by atoms with Crippen molar-refractivity contribution in [2.24, 2.45) is 0 Å². The van der Waals surface area contributed by atoms with Crippen molar-refractivity contribution < 1.29 is 26.3 Å². The Bertz CT molecular complexity index is 4060. The molecule has 0 N–H and O–H groups in total. The Morgan fingerprint density at radius 3 is 1.26 bits per heavy atom. The third-order valence-corrected chi connectivity index (χ3v) is 12.9. The van der Waals surface area contributed by atoms with Crippen molar-refractivity contribution in [3.63, 3.8) is 0 Å². The third-order valence-electron chi connectivity index (χ3n) is 12.9. The first-order chi connectivity index (χ1) is 33.9. The fourth-order valence-corrected chi connectivity index (χ4v) is 9.92. The lowest BCUT2D eigenvalue weighted by Crippen LogP contribution is -2.14. The Morgan fingerprint density at radius 1 is 0.343 bits per heavy atom. The minimum absolute atomic E-state index is 0.195. The average Bonchev–Trinajstić information content (AvgIpc) is 3.89. The molecule has 0 saturated heterocycles. The highest BCUT2D eigenvalue weighted by Crippen LogP contribution is 2.48. The Kier molecular flexibility index (Phi) is 10.2.